The van der Waals surface area contributed by atoms with E-state index in [4.69, 9.17) is 5.73 Å². The van der Waals surface area contributed by atoms with Crippen LogP contribution in [-0.4, -0.2) is 34.9 Å². The van der Waals surface area contributed by atoms with Crippen LogP contribution < -0.4 is 5.73 Å². The minimum atomic E-state index is -0.742. The fraction of sp³-hybridized carbons (Fsp3) is 0.500. The number of carbonyl (C=O) groups is 1. The molecule has 7 heteroatoms. The monoisotopic (exact) mass is 295 g/mol. The molecule has 0 bridgehead atoms. The molecular weight excluding hydrogens is 277 g/mol. The van der Waals surface area contributed by atoms with Gasteiger partial charge in [-0.3, -0.25) is 14.9 Å². The molecule has 0 spiro atoms. The average molecular weight is 295 g/mol. The van der Waals surface area contributed by atoms with E-state index in [2.05, 4.69) is 0 Å². The highest BCUT2D eigenvalue weighted by atomic mass is 19.1. The van der Waals surface area contributed by atoms with Crippen LogP contribution in [0.3, 0.4) is 0 Å². The van der Waals surface area contributed by atoms with E-state index in [1.807, 2.05) is 6.92 Å². The maximum absolute atomic E-state index is 13.8. The maximum Gasteiger partial charge on any atom is 0.270 e. The third kappa shape index (κ3) is 3.18. The summed E-state index contributed by atoms with van der Waals surface area (Å²) in [6.07, 6.45) is 1.49. The van der Waals surface area contributed by atoms with Crippen LogP contribution in [0.2, 0.25) is 0 Å². The van der Waals surface area contributed by atoms with Crippen molar-refractivity contribution in [1.82, 2.24) is 4.90 Å². The summed E-state index contributed by atoms with van der Waals surface area (Å²) >= 11 is 0. The molecular formula is C14H18FN3O3. The molecule has 1 amide bonds. The van der Waals surface area contributed by atoms with Crippen LogP contribution in [0.4, 0.5) is 10.1 Å². The van der Waals surface area contributed by atoms with Crippen molar-refractivity contribution < 1.29 is 14.1 Å². The van der Waals surface area contributed by atoms with E-state index in [0.29, 0.717) is 19.5 Å². The van der Waals surface area contributed by atoms with Gasteiger partial charge in [-0.2, -0.15) is 0 Å². The van der Waals surface area contributed by atoms with E-state index in [9.17, 15) is 19.3 Å². The summed E-state index contributed by atoms with van der Waals surface area (Å²) in [5.74, 6) is -1.08. The highest BCUT2D eigenvalue weighted by Crippen LogP contribution is 2.23. The molecule has 1 heterocycles. The molecule has 1 aromatic carbocycles. The van der Waals surface area contributed by atoms with Crippen LogP contribution in [0.5, 0.6) is 0 Å². The molecule has 2 N–H and O–H groups in total. The minimum absolute atomic E-state index is 0.0361. The van der Waals surface area contributed by atoms with Crippen molar-refractivity contribution in [3.8, 4) is 0 Å². The van der Waals surface area contributed by atoms with Gasteiger partial charge in [0.2, 0.25) is 0 Å². The van der Waals surface area contributed by atoms with E-state index in [-0.39, 0.29) is 23.2 Å². The number of halogens is 1. The summed E-state index contributed by atoms with van der Waals surface area (Å²) in [4.78, 5) is 24.0. The van der Waals surface area contributed by atoms with Gasteiger partial charge in [0.05, 0.1) is 10.5 Å². The number of nitrogens with zero attached hydrogens (tertiary/aromatic N) is 2. The molecule has 21 heavy (non-hydrogen) atoms. The van der Waals surface area contributed by atoms with Crippen LogP contribution >= 0.6 is 0 Å². The summed E-state index contributed by atoms with van der Waals surface area (Å²) in [6.45, 7) is 2.89. The number of nitro benzene ring substituents is 1. The zero-order chi connectivity index (χ0) is 15.6. The van der Waals surface area contributed by atoms with Crippen molar-refractivity contribution in [2.45, 2.75) is 25.8 Å². The Labute approximate surface area is 121 Å². The fourth-order valence-corrected chi connectivity index (χ4v) is 2.63. The van der Waals surface area contributed by atoms with Crippen LogP contribution in [0, 0.1) is 21.8 Å². The number of hydrogen-bond acceptors (Lipinski definition) is 4. The van der Waals surface area contributed by atoms with Gasteiger partial charge in [0.15, 0.2) is 0 Å². The Bertz CT molecular complexity index is 564. The molecule has 2 unspecified atom stereocenters. The first-order chi connectivity index (χ1) is 9.93. The van der Waals surface area contributed by atoms with Crippen molar-refractivity contribution in [3.05, 3.63) is 39.7 Å². The number of rotatable bonds is 3. The average Bonchev–Trinajstić information content (AvgIpc) is 2.47. The van der Waals surface area contributed by atoms with Gasteiger partial charge in [-0.15, -0.1) is 0 Å². The lowest BCUT2D eigenvalue weighted by molar-refractivity contribution is -0.384. The standard InChI is InChI=1S/C14H18FN3O3/c1-2-9-8-17(6-5-13(9)16)14(19)11-7-10(18(20)21)3-4-12(11)15/h3-4,7,9,13H,2,5-6,8,16H2,1H3. The molecule has 1 aliphatic heterocycles. The van der Waals surface area contributed by atoms with Gasteiger partial charge in [0, 0.05) is 31.3 Å². The van der Waals surface area contributed by atoms with Crippen molar-refractivity contribution in [3.63, 3.8) is 0 Å². The minimum Gasteiger partial charge on any atom is -0.338 e. The third-order valence-electron chi connectivity index (χ3n) is 4.00. The molecule has 2 atom stereocenters. The molecule has 0 aromatic heterocycles. The number of nitrogens with two attached hydrogens (primary N) is 1. The Morgan fingerprint density at radius 3 is 2.90 bits per heavy atom. The van der Waals surface area contributed by atoms with E-state index in [0.717, 1.165) is 24.6 Å². The Morgan fingerprint density at radius 1 is 1.57 bits per heavy atom. The van der Waals surface area contributed by atoms with Crippen LogP contribution in [-0.2, 0) is 0 Å². The lowest BCUT2D eigenvalue weighted by atomic mass is 9.90. The molecule has 1 saturated heterocycles. The van der Waals surface area contributed by atoms with Gasteiger partial charge in [-0.1, -0.05) is 13.3 Å². The lowest BCUT2D eigenvalue weighted by Gasteiger charge is -2.36. The molecule has 2 rings (SSSR count). The van der Waals surface area contributed by atoms with E-state index >= 15 is 0 Å². The predicted molar refractivity (Wildman–Crippen MR) is 75.3 cm³/mol. The second kappa shape index (κ2) is 6.17. The molecule has 0 aliphatic carbocycles. The first-order valence-electron chi connectivity index (χ1n) is 6.92. The summed E-state index contributed by atoms with van der Waals surface area (Å²) in [6, 6.07) is 3.03. The number of piperidine rings is 1. The molecule has 1 aromatic rings. The van der Waals surface area contributed by atoms with Crippen LogP contribution in [0.25, 0.3) is 0 Å². The summed E-state index contributed by atoms with van der Waals surface area (Å²) in [5, 5.41) is 10.7. The lowest BCUT2D eigenvalue weighted by Crippen LogP contribution is -2.49. The van der Waals surface area contributed by atoms with Crippen molar-refractivity contribution in [2.24, 2.45) is 11.7 Å². The Balaban J connectivity index is 2.24. The van der Waals surface area contributed by atoms with Gasteiger partial charge < -0.3 is 10.6 Å². The molecule has 114 valence electrons. The topological polar surface area (TPSA) is 89.5 Å². The number of hydrogen-bond donors (Lipinski definition) is 1. The Kier molecular flexibility index (Phi) is 4.52. The first-order valence-corrected chi connectivity index (χ1v) is 6.92. The Morgan fingerprint density at radius 2 is 2.29 bits per heavy atom. The van der Waals surface area contributed by atoms with E-state index < -0.39 is 16.6 Å². The SMILES string of the molecule is CCC1CN(C(=O)c2cc([N+](=O)[O-])ccc2F)CCC1N. The van der Waals surface area contributed by atoms with Gasteiger partial charge in [-0.05, 0) is 18.4 Å². The summed E-state index contributed by atoms with van der Waals surface area (Å²) < 4.78 is 13.8. The highest BCUT2D eigenvalue weighted by Gasteiger charge is 2.30. The smallest absolute Gasteiger partial charge is 0.270 e. The first kappa shape index (κ1) is 15.4. The zero-order valence-corrected chi connectivity index (χ0v) is 11.8. The highest BCUT2D eigenvalue weighted by molar-refractivity contribution is 5.95. The van der Waals surface area contributed by atoms with E-state index in [1.54, 1.807) is 0 Å². The Hall–Kier alpha value is -2.02. The quantitative estimate of drug-likeness (QED) is 0.681. The largest absolute Gasteiger partial charge is 0.338 e. The van der Waals surface area contributed by atoms with Crippen molar-refractivity contribution in [2.75, 3.05) is 13.1 Å². The number of carbonyl (C=O) groups excluding carboxylic acids is 1. The zero-order valence-electron chi connectivity index (χ0n) is 11.8. The van der Waals surface area contributed by atoms with E-state index in [1.165, 1.54) is 4.90 Å². The number of nitro groups is 1. The van der Waals surface area contributed by atoms with Gasteiger partial charge in [-0.25, -0.2) is 4.39 Å². The number of benzene rings is 1. The number of amides is 1. The van der Waals surface area contributed by atoms with Gasteiger partial charge in [0.1, 0.15) is 5.82 Å². The molecule has 0 saturated carbocycles. The van der Waals surface area contributed by atoms with Gasteiger partial charge >= 0.3 is 0 Å². The second-order valence-corrected chi connectivity index (χ2v) is 5.29. The molecule has 1 fully saturated rings. The van der Waals surface area contributed by atoms with Crippen LogP contribution in [0.1, 0.15) is 30.1 Å². The molecule has 1 aliphatic rings. The predicted octanol–water partition coefficient (Wildman–Crippen LogP) is 1.93. The summed E-state index contributed by atoms with van der Waals surface area (Å²) in [7, 11) is 0. The summed E-state index contributed by atoms with van der Waals surface area (Å²) in [5.41, 5.74) is 5.44. The molecule has 6 nitrogen and oxygen atoms in total. The normalized spacial score (nSPS) is 22.1. The number of likely N-dealkylation sites (tertiary alicyclic amines) is 1. The second-order valence-electron chi connectivity index (χ2n) is 5.29. The number of non-ortho nitro benzene ring substituents is 1. The third-order valence-corrected chi connectivity index (χ3v) is 4.00. The van der Waals surface area contributed by atoms with Crippen molar-refractivity contribution >= 4 is 11.6 Å². The van der Waals surface area contributed by atoms with Crippen LogP contribution in [0.15, 0.2) is 18.2 Å². The maximum atomic E-state index is 13.8. The fourth-order valence-electron chi connectivity index (χ4n) is 2.63. The molecule has 0 radical (unpaired) electrons. The van der Waals surface area contributed by atoms with Gasteiger partial charge in [0.25, 0.3) is 11.6 Å². The van der Waals surface area contributed by atoms with Crippen molar-refractivity contribution in [1.29, 1.82) is 0 Å².